The van der Waals surface area contributed by atoms with Crippen LogP contribution in [0.4, 0.5) is 0 Å². The number of hydrogen-bond donors (Lipinski definition) is 1. The summed E-state index contributed by atoms with van der Waals surface area (Å²) in [5, 5.41) is 14.4. The van der Waals surface area contributed by atoms with E-state index in [9.17, 15) is 14.4 Å². The number of halogens is 2. The summed E-state index contributed by atoms with van der Waals surface area (Å²) in [4.78, 5) is 48.0. The number of rotatable bonds is 16. The number of ether oxygens (including phenoxy) is 2. The molecule has 2 fully saturated rings. The lowest BCUT2D eigenvalue weighted by Gasteiger charge is -2.46. The van der Waals surface area contributed by atoms with Gasteiger partial charge in [-0.3, -0.25) is 24.7 Å². The van der Waals surface area contributed by atoms with Crippen molar-refractivity contribution in [3.05, 3.63) is 136 Å². The van der Waals surface area contributed by atoms with Gasteiger partial charge < -0.3 is 19.3 Å². The Labute approximate surface area is 379 Å². The molecule has 2 amide bonds. The van der Waals surface area contributed by atoms with Crippen LogP contribution in [-0.2, 0) is 19.7 Å². The summed E-state index contributed by atoms with van der Waals surface area (Å²) in [5.41, 5.74) is 6.67. The number of carbonyl (C=O) groups excluding carboxylic acids is 3. The highest BCUT2D eigenvalue weighted by Crippen LogP contribution is 2.38. The second kappa shape index (κ2) is 20.9. The van der Waals surface area contributed by atoms with Crippen molar-refractivity contribution >= 4 is 41.0 Å². The molecular weight excluding hydrogens is 841 g/mol. The first-order valence-corrected chi connectivity index (χ1v) is 22.2. The number of nitrogens with zero attached hydrogens (tertiary/aromatic N) is 8. The highest BCUT2D eigenvalue weighted by Gasteiger charge is 2.45. The van der Waals surface area contributed by atoms with Crippen molar-refractivity contribution in [2.45, 2.75) is 56.5 Å². The van der Waals surface area contributed by atoms with Gasteiger partial charge in [0.15, 0.2) is 0 Å². The first-order valence-electron chi connectivity index (χ1n) is 21.4. The van der Waals surface area contributed by atoms with E-state index in [4.69, 9.17) is 32.7 Å². The number of likely N-dealkylation sites (N-methyl/N-ethyl adjacent to an activating group) is 1. The molecule has 3 unspecified atom stereocenters. The van der Waals surface area contributed by atoms with E-state index in [2.05, 4.69) is 60.0 Å². The van der Waals surface area contributed by atoms with E-state index in [1.54, 1.807) is 36.2 Å². The number of tetrazole rings is 1. The van der Waals surface area contributed by atoms with Crippen molar-refractivity contribution in [1.29, 1.82) is 0 Å². The molecule has 63 heavy (non-hydrogen) atoms. The van der Waals surface area contributed by atoms with Gasteiger partial charge >= 0.3 is 5.97 Å². The summed E-state index contributed by atoms with van der Waals surface area (Å²) in [6.45, 7) is 8.23. The molecule has 0 radical (unpaired) electrons. The van der Waals surface area contributed by atoms with Gasteiger partial charge in [-0.05, 0) is 110 Å². The molecule has 332 valence electrons. The van der Waals surface area contributed by atoms with E-state index >= 15 is 0 Å². The molecule has 1 N–H and O–H groups in total. The van der Waals surface area contributed by atoms with Crippen LogP contribution >= 0.6 is 23.2 Å². The SMILES string of the molecule is CCOC(=O)C(C)N1CCN(NC(=O)C2(c3ccccc3)CCN(CCC(CN(C)C(=O)c3cc(-n4cnnn4)ccc3OC)c3ccc(Cl)c(Cl)c3)CC2)C(c2ccccc2)C1. The molecule has 3 atom stereocenters. The van der Waals surface area contributed by atoms with Gasteiger partial charge in [-0.25, -0.2) is 9.69 Å². The Balaban J connectivity index is 1.06. The molecule has 3 heterocycles. The minimum Gasteiger partial charge on any atom is -0.496 e. The van der Waals surface area contributed by atoms with E-state index < -0.39 is 11.5 Å². The Morgan fingerprint density at radius 2 is 1.65 bits per heavy atom. The first-order chi connectivity index (χ1) is 30.5. The van der Waals surface area contributed by atoms with Crippen molar-refractivity contribution in [2.75, 3.05) is 66.6 Å². The molecule has 7 rings (SSSR count). The molecule has 5 aromatic rings. The normalized spacial score (nSPS) is 18.0. The van der Waals surface area contributed by atoms with E-state index in [0.29, 0.717) is 85.8 Å². The summed E-state index contributed by atoms with van der Waals surface area (Å²) in [5.74, 6) is -0.144. The molecule has 4 aromatic carbocycles. The molecule has 0 bridgehead atoms. The first kappa shape index (κ1) is 45.6. The standard InChI is InChI=1S/C47H55Cl2N9O5/c1-5-63-45(60)33(2)56-26-27-57(42(31-56)34-12-8-6-9-13-34)51-46(61)47(37-14-10-7-11-15-37)21-24-55(25-22-47)23-20-36(35-16-18-40(48)41(49)28-35)30-54(3)44(59)39-29-38(17-19-43(39)62-4)58-32-50-52-53-58/h6-19,28-29,32-33,36,42H,5,20-27,30-31H2,1-4H3,(H,51,61). The van der Waals surface area contributed by atoms with Crippen LogP contribution in [0, 0.1) is 0 Å². The Kier molecular flexibility index (Phi) is 15.1. The lowest BCUT2D eigenvalue weighted by atomic mass is 9.72. The van der Waals surface area contributed by atoms with Crippen LogP contribution < -0.4 is 10.2 Å². The fourth-order valence-corrected chi connectivity index (χ4v) is 9.14. The van der Waals surface area contributed by atoms with Gasteiger partial charge in [-0.15, -0.1) is 5.10 Å². The zero-order valence-electron chi connectivity index (χ0n) is 36.2. The smallest absolute Gasteiger partial charge is 0.323 e. The number of hydrogen-bond acceptors (Lipinski definition) is 11. The Morgan fingerprint density at radius 1 is 0.921 bits per heavy atom. The molecule has 1 aromatic heterocycles. The summed E-state index contributed by atoms with van der Waals surface area (Å²) >= 11 is 12.9. The third-order valence-electron chi connectivity index (χ3n) is 12.6. The van der Waals surface area contributed by atoms with Crippen molar-refractivity contribution < 1.29 is 23.9 Å². The van der Waals surface area contributed by atoms with Crippen LogP contribution in [-0.4, -0.2) is 130 Å². The predicted octanol–water partition coefficient (Wildman–Crippen LogP) is 6.60. The second-order valence-electron chi connectivity index (χ2n) is 16.3. The predicted molar refractivity (Wildman–Crippen MR) is 242 cm³/mol. The topological polar surface area (TPSA) is 138 Å². The molecule has 0 spiro atoms. The molecule has 2 aliphatic rings. The van der Waals surface area contributed by atoms with Gasteiger partial charge in [0.25, 0.3) is 5.91 Å². The van der Waals surface area contributed by atoms with E-state index in [-0.39, 0.29) is 29.7 Å². The molecule has 0 saturated carbocycles. The average molecular weight is 897 g/mol. The number of nitrogens with one attached hydrogen (secondary N) is 1. The average Bonchev–Trinajstić information content (AvgIpc) is 3.87. The zero-order chi connectivity index (χ0) is 44.5. The van der Waals surface area contributed by atoms with E-state index in [1.165, 1.54) is 18.1 Å². The lowest BCUT2D eigenvalue weighted by Crippen LogP contribution is -2.61. The van der Waals surface area contributed by atoms with Crippen LogP contribution in [0.2, 0.25) is 10.0 Å². The van der Waals surface area contributed by atoms with Gasteiger partial charge in [0.2, 0.25) is 5.91 Å². The van der Waals surface area contributed by atoms with Gasteiger partial charge in [0.1, 0.15) is 18.1 Å². The number of likely N-dealkylation sites (tertiary alicyclic amines) is 1. The summed E-state index contributed by atoms with van der Waals surface area (Å²) in [7, 11) is 3.32. The monoisotopic (exact) mass is 895 g/mol. The molecular formula is C47H55Cl2N9O5. The summed E-state index contributed by atoms with van der Waals surface area (Å²) in [6.07, 6.45) is 3.42. The highest BCUT2D eigenvalue weighted by molar-refractivity contribution is 6.42. The maximum Gasteiger partial charge on any atom is 0.323 e. The molecule has 14 nitrogen and oxygen atoms in total. The lowest BCUT2D eigenvalue weighted by molar-refractivity contribution is -0.151. The number of hydrazine groups is 1. The van der Waals surface area contributed by atoms with Gasteiger partial charge in [-0.1, -0.05) is 89.9 Å². The third kappa shape index (κ3) is 10.5. The Hall–Kier alpha value is -5.38. The minimum absolute atomic E-state index is 0.0328. The van der Waals surface area contributed by atoms with Crippen LogP contribution in [0.3, 0.4) is 0 Å². The number of benzene rings is 4. The summed E-state index contributed by atoms with van der Waals surface area (Å²) < 4.78 is 12.5. The molecule has 2 aliphatic heterocycles. The fourth-order valence-electron chi connectivity index (χ4n) is 8.83. The third-order valence-corrected chi connectivity index (χ3v) is 13.3. The van der Waals surface area contributed by atoms with Crippen LogP contribution in [0.1, 0.15) is 72.1 Å². The van der Waals surface area contributed by atoms with E-state index in [0.717, 1.165) is 29.7 Å². The number of esters is 1. The maximum absolute atomic E-state index is 14.9. The Morgan fingerprint density at radius 3 is 2.32 bits per heavy atom. The highest BCUT2D eigenvalue weighted by atomic mass is 35.5. The number of amides is 2. The molecule has 2 saturated heterocycles. The maximum atomic E-state index is 14.9. The minimum atomic E-state index is -0.764. The Bertz CT molecular complexity index is 2310. The van der Waals surface area contributed by atoms with Gasteiger partial charge in [-0.2, -0.15) is 0 Å². The van der Waals surface area contributed by atoms with Crippen LogP contribution in [0.15, 0.2) is 103 Å². The van der Waals surface area contributed by atoms with Crippen molar-refractivity contribution in [3.8, 4) is 11.4 Å². The number of carbonyl (C=O) groups is 3. The van der Waals surface area contributed by atoms with E-state index in [1.807, 2.05) is 62.4 Å². The van der Waals surface area contributed by atoms with Crippen molar-refractivity contribution in [2.24, 2.45) is 0 Å². The quantitative estimate of drug-likeness (QED) is 0.107. The zero-order valence-corrected chi connectivity index (χ0v) is 37.7. The second-order valence-corrected chi connectivity index (χ2v) is 17.1. The number of aromatic nitrogens is 4. The fraction of sp³-hybridized carbons (Fsp3) is 0.404. The van der Waals surface area contributed by atoms with Crippen molar-refractivity contribution in [1.82, 2.24) is 45.3 Å². The number of piperidine rings is 1. The van der Waals surface area contributed by atoms with Crippen LogP contribution in [0.25, 0.3) is 5.69 Å². The molecule has 16 heteroatoms. The summed E-state index contributed by atoms with van der Waals surface area (Å²) in [6, 6.07) is 30.5. The van der Waals surface area contributed by atoms with Crippen molar-refractivity contribution in [3.63, 3.8) is 0 Å². The van der Waals surface area contributed by atoms with Gasteiger partial charge in [0.05, 0.1) is 46.5 Å². The molecule has 0 aliphatic carbocycles. The van der Waals surface area contributed by atoms with Crippen LogP contribution in [0.5, 0.6) is 5.75 Å². The van der Waals surface area contributed by atoms with Gasteiger partial charge in [0, 0.05) is 39.1 Å². The number of methoxy groups -OCH3 is 1. The number of piperazine rings is 1. The largest absolute Gasteiger partial charge is 0.496 e.